The van der Waals surface area contributed by atoms with E-state index in [0.29, 0.717) is 36.9 Å². The highest BCUT2D eigenvalue weighted by Gasteiger charge is 2.66. The molecule has 0 fully saturated rings. The summed E-state index contributed by atoms with van der Waals surface area (Å²) in [5.41, 5.74) is 4.36. The Morgan fingerprint density at radius 2 is 1.76 bits per heavy atom. The van der Waals surface area contributed by atoms with Crippen molar-refractivity contribution in [3.8, 4) is 17.2 Å². The molecule has 0 bridgehead atoms. The van der Waals surface area contributed by atoms with Gasteiger partial charge in [-0.3, -0.25) is 0 Å². The van der Waals surface area contributed by atoms with Crippen molar-refractivity contribution < 1.29 is 23.7 Å². The average molecular weight is 459 g/mol. The molecule has 6 rings (SSSR count). The second-order valence-electron chi connectivity index (χ2n) is 9.40. The lowest BCUT2D eigenvalue weighted by molar-refractivity contribution is -0.134. The molecule has 1 spiro atoms. The van der Waals surface area contributed by atoms with E-state index < -0.39 is 5.41 Å². The van der Waals surface area contributed by atoms with Gasteiger partial charge in [0.05, 0.1) is 13.2 Å². The molecule has 0 saturated carbocycles. The first-order valence-corrected chi connectivity index (χ1v) is 11.7. The van der Waals surface area contributed by atoms with Gasteiger partial charge in [0.1, 0.15) is 24.6 Å². The Bertz CT molecular complexity index is 1290. The maximum Gasteiger partial charge on any atom is 0.338 e. The van der Waals surface area contributed by atoms with Crippen LogP contribution in [0.3, 0.4) is 0 Å². The quantitative estimate of drug-likeness (QED) is 0.403. The maximum absolute atomic E-state index is 14.8. The zero-order valence-electron chi connectivity index (χ0n) is 19.5. The van der Waals surface area contributed by atoms with Crippen LogP contribution < -0.4 is 18.7 Å². The van der Waals surface area contributed by atoms with Crippen molar-refractivity contribution in [2.24, 2.45) is 0 Å². The van der Waals surface area contributed by atoms with E-state index in [-0.39, 0.29) is 23.8 Å². The van der Waals surface area contributed by atoms with Crippen LogP contribution in [0.15, 0.2) is 60.7 Å². The largest absolute Gasteiger partial charge is 0.491 e. The standard InChI is InChI=1S/C28H28NO5/c1-19-7-5-8-20(13-19)16-29(11-6-12-31-2)23-10-4-3-9-21(23)28(27(29)30)17-32-24-15-26-25(14-22(24)28)33-18-34-26/h3-5,7-10,13-15H,6,11-12,16-18H2,1-2H3/q+1. The van der Waals surface area contributed by atoms with Gasteiger partial charge in [-0.1, -0.05) is 48.0 Å². The summed E-state index contributed by atoms with van der Waals surface area (Å²) < 4.78 is 23.1. The first kappa shape index (κ1) is 21.2. The number of carbonyl (C=O) groups excluding carboxylic acids is 1. The third kappa shape index (κ3) is 2.92. The van der Waals surface area contributed by atoms with Crippen LogP contribution >= 0.6 is 0 Å². The van der Waals surface area contributed by atoms with Gasteiger partial charge in [0.2, 0.25) is 6.79 Å². The molecule has 3 aromatic carbocycles. The highest BCUT2D eigenvalue weighted by atomic mass is 16.7. The van der Waals surface area contributed by atoms with Crippen LogP contribution in [0.2, 0.25) is 0 Å². The highest BCUT2D eigenvalue weighted by Crippen LogP contribution is 2.57. The molecule has 6 heteroatoms. The molecule has 34 heavy (non-hydrogen) atoms. The van der Waals surface area contributed by atoms with Gasteiger partial charge in [-0.25, -0.2) is 9.28 Å². The lowest BCUT2D eigenvalue weighted by Gasteiger charge is -2.34. The number of para-hydroxylation sites is 1. The predicted octanol–water partition coefficient (Wildman–Crippen LogP) is 4.49. The predicted molar refractivity (Wildman–Crippen MR) is 128 cm³/mol. The van der Waals surface area contributed by atoms with Gasteiger partial charge in [0.25, 0.3) is 0 Å². The number of aryl methyl sites for hydroxylation is 1. The van der Waals surface area contributed by atoms with Crippen LogP contribution in [0.4, 0.5) is 5.69 Å². The van der Waals surface area contributed by atoms with Crippen LogP contribution in [0.25, 0.3) is 0 Å². The van der Waals surface area contributed by atoms with Crippen molar-refractivity contribution >= 4 is 11.6 Å². The molecule has 0 N–H and O–H groups in total. The van der Waals surface area contributed by atoms with Crippen LogP contribution in [0.1, 0.15) is 28.7 Å². The second kappa shape index (κ2) is 7.86. The summed E-state index contributed by atoms with van der Waals surface area (Å²) in [6.07, 6.45) is 0.771. The number of hydrogen-bond donors (Lipinski definition) is 0. The van der Waals surface area contributed by atoms with E-state index in [1.807, 2.05) is 24.3 Å². The smallest absolute Gasteiger partial charge is 0.338 e. The summed E-state index contributed by atoms with van der Waals surface area (Å²) in [7, 11) is 1.70. The molecule has 0 aromatic heterocycles. The molecule has 3 aliphatic rings. The second-order valence-corrected chi connectivity index (χ2v) is 9.40. The Morgan fingerprint density at radius 1 is 0.941 bits per heavy atom. The first-order valence-electron chi connectivity index (χ1n) is 11.7. The van der Waals surface area contributed by atoms with E-state index in [1.54, 1.807) is 7.11 Å². The molecule has 6 nitrogen and oxygen atoms in total. The van der Waals surface area contributed by atoms with E-state index in [4.69, 9.17) is 18.9 Å². The number of fused-ring (bicyclic) bond motifs is 5. The van der Waals surface area contributed by atoms with Gasteiger partial charge in [-0.15, -0.1) is 0 Å². The number of carbonyl (C=O) groups is 1. The molecule has 2 unspecified atom stereocenters. The maximum atomic E-state index is 14.8. The highest BCUT2D eigenvalue weighted by molar-refractivity contribution is 6.08. The number of rotatable bonds is 6. The molecular weight excluding hydrogens is 430 g/mol. The fraction of sp³-hybridized carbons (Fsp3) is 0.321. The van der Waals surface area contributed by atoms with Crippen molar-refractivity contribution in [3.63, 3.8) is 0 Å². The van der Waals surface area contributed by atoms with Crippen molar-refractivity contribution in [3.05, 3.63) is 82.9 Å². The number of methoxy groups -OCH3 is 1. The van der Waals surface area contributed by atoms with Gasteiger partial charge < -0.3 is 18.9 Å². The Morgan fingerprint density at radius 3 is 2.59 bits per heavy atom. The fourth-order valence-electron chi connectivity index (χ4n) is 5.90. The van der Waals surface area contributed by atoms with Crippen molar-refractivity contribution in [1.82, 2.24) is 4.48 Å². The molecule has 3 aromatic rings. The minimum absolute atomic E-state index is 0.143. The number of benzene rings is 3. The number of ether oxygens (including phenoxy) is 4. The molecule has 3 aliphatic heterocycles. The normalized spacial score (nSPS) is 23.8. The first-order chi connectivity index (χ1) is 16.6. The minimum Gasteiger partial charge on any atom is -0.491 e. The Kier molecular flexibility index (Phi) is 4.90. The molecular formula is C28H28NO5+. The molecule has 174 valence electrons. The third-order valence-electron chi connectivity index (χ3n) is 7.38. The molecule has 0 aliphatic carbocycles. The lowest BCUT2D eigenvalue weighted by Crippen LogP contribution is -2.57. The van der Waals surface area contributed by atoms with Crippen molar-refractivity contribution in [2.45, 2.75) is 25.3 Å². The Labute approximate surface area is 199 Å². The van der Waals surface area contributed by atoms with E-state index in [1.165, 1.54) is 5.56 Å². The van der Waals surface area contributed by atoms with Gasteiger partial charge >= 0.3 is 5.91 Å². The SMILES string of the molecule is COCCC[N+]1(Cc2cccc(C)c2)C(=O)C2(COc3cc4c(cc32)OCO4)c2ccccc21. The fourth-order valence-corrected chi connectivity index (χ4v) is 5.90. The zero-order chi connectivity index (χ0) is 23.3. The van der Waals surface area contributed by atoms with Crippen LogP contribution in [0.5, 0.6) is 17.2 Å². The van der Waals surface area contributed by atoms with E-state index in [2.05, 4.69) is 43.3 Å². The average Bonchev–Trinajstić information content (AvgIpc) is 3.50. The number of hydrogen-bond acceptors (Lipinski definition) is 5. The van der Waals surface area contributed by atoms with Crippen molar-refractivity contribution in [1.29, 1.82) is 0 Å². The van der Waals surface area contributed by atoms with Gasteiger partial charge in [-0.2, -0.15) is 0 Å². The van der Waals surface area contributed by atoms with E-state index in [0.717, 1.165) is 28.8 Å². The summed E-state index contributed by atoms with van der Waals surface area (Å²) >= 11 is 0. The molecule has 2 atom stereocenters. The van der Waals surface area contributed by atoms with E-state index >= 15 is 0 Å². The summed E-state index contributed by atoms with van der Waals surface area (Å²) in [5.74, 6) is 2.16. The van der Waals surface area contributed by atoms with Crippen LogP contribution in [-0.4, -0.2) is 39.6 Å². The Balaban J connectivity index is 1.54. The number of nitrogens with zero attached hydrogens (tertiary/aromatic N) is 1. The van der Waals surface area contributed by atoms with Crippen LogP contribution in [0, 0.1) is 6.92 Å². The van der Waals surface area contributed by atoms with Gasteiger partial charge in [0, 0.05) is 36.3 Å². The number of quaternary nitrogens is 1. The number of amides is 1. The summed E-state index contributed by atoms with van der Waals surface area (Å²) in [6, 6.07) is 20.5. The Hall–Kier alpha value is -3.35. The zero-order valence-corrected chi connectivity index (χ0v) is 19.5. The molecule has 0 saturated heterocycles. The monoisotopic (exact) mass is 458 g/mol. The molecule has 1 amide bonds. The summed E-state index contributed by atoms with van der Waals surface area (Å²) in [5, 5.41) is 0. The third-order valence-corrected chi connectivity index (χ3v) is 7.38. The molecule has 0 radical (unpaired) electrons. The molecule has 3 heterocycles. The topological polar surface area (TPSA) is 54.0 Å². The van der Waals surface area contributed by atoms with E-state index in [9.17, 15) is 4.79 Å². The summed E-state index contributed by atoms with van der Waals surface area (Å²) in [4.78, 5) is 14.8. The van der Waals surface area contributed by atoms with Gasteiger partial charge in [-0.05, 0) is 19.1 Å². The van der Waals surface area contributed by atoms with Crippen molar-refractivity contribution in [2.75, 3.05) is 33.7 Å². The van der Waals surface area contributed by atoms with Crippen LogP contribution in [-0.2, 0) is 21.5 Å². The van der Waals surface area contributed by atoms with Gasteiger partial charge in [0.15, 0.2) is 16.9 Å². The minimum atomic E-state index is -0.885. The lowest BCUT2D eigenvalue weighted by atomic mass is 9.77. The summed E-state index contributed by atoms with van der Waals surface area (Å²) in [6.45, 7) is 4.38.